The topological polar surface area (TPSA) is 17.1 Å². The van der Waals surface area contributed by atoms with Gasteiger partial charge in [-0.3, -0.25) is 0 Å². The minimum atomic E-state index is -0.169. The van der Waals surface area contributed by atoms with Gasteiger partial charge in [0.15, 0.2) is 0 Å². The predicted octanol–water partition coefficient (Wildman–Crippen LogP) is 2.57. The molecular formula is C11H16O. The summed E-state index contributed by atoms with van der Waals surface area (Å²) < 4.78 is 0. The van der Waals surface area contributed by atoms with Crippen molar-refractivity contribution in [3.63, 3.8) is 0 Å². The third-order valence-electron chi connectivity index (χ3n) is 4.38. The van der Waals surface area contributed by atoms with Crippen LogP contribution in [0.5, 0.6) is 0 Å². The third-order valence-corrected chi connectivity index (χ3v) is 4.38. The first kappa shape index (κ1) is 8.03. The number of fused-ring (bicyclic) bond motifs is 2. The minimum Gasteiger partial charge on any atom is -0.302 e. The van der Waals surface area contributed by atoms with Crippen molar-refractivity contribution >= 4 is 6.29 Å². The summed E-state index contributed by atoms with van der Waals surface area (Å²) in [6.07, 6.45) is 4.48. The highest BCUT2D eigenvalue weighted by molar-refractivity contribution is 5.69. The smallest absolute Gasteiger partial charge is 0.130 e. The Bertz CT molecular complexity index is 252. The molecule has 0 heterocycles. The van der Waals surface area contributed by atoms with E-state index >= 15 is 0 Å². The maximum atomic E-state index is 11.2. The number of hydrogen-bond donors (Lipinski definition) is 0. The second kappa shape index (κ2) is 2.01. The number of carbonyl (C=O) groups is 1. The van der Waals surface area contributed by atoms with Crippen molar-refractivity contribution in [2.75, 3.05) is 0 Å². The molecule has 0 aliphatic heterocycles. The number of rotatable bonds is 1. The molecule has 2 saturated carbocycles. The molecule has 0 aromatic rings. The molecule has 66 valence electrons. The van der Waals surface area contributed by atoms with Gasteiger partial charge in [-0.25, -0.2) is 0 Å². The summed E-state index contributed by atoms with van der Waals surface area (Å²) in [5.41, 5.74) is 1.18. The van der Waals surface area contributed by atoms with Gasteiger partial charge in [0.25, 0.3) is 0 Å². The Morgan fingerprint density at radius 2 is 2.25 bits per heavy atom. The summed E-state index contributed by atoms with van der Waals surface area (Å²) in [5.74, 6) is 0.704. The van der Waals surface area contributed by atoms with E-state index in [1.165, 1.54) is 12.0 Å². The summed E-state index contributed by atoms with van der Waals surface area (Å²) in [4.78, 5) is 11.2. The maximum absolute atomic E-state index is 11.2. The van der Waals surface area contributed by atoms with E-state index in [1.54, 1.807) is 0 Å². The summed E-state index contributed by atoms with van der Waals surface area (Å²) in [6, 6.07) is 0. The minimum absolute atomic E-state index is 0.169. The second-order valence-electron chi connectivity index (χ2n) is 4.85. The van der Waals surface area contributed by atoms with Gasteiger partial charge in [0.1, 0.15) is 6.29 Å². The van der Waals surface area contributed by atoms with Gasteiger partial charge < -0.3 is 4.79 Å². The van der Waals surface area contributed by atoms with Crippen molar-refractivity contribution in [1.29, 1.82) is 0 Å². The molecule has 2 fully saturated rings. The molecule has 12 heavy (non-hydrogen) atoms. The fraction of sp³-hybridized carbons (Fsp3) is 0.727. The Balaban J connectivity index is 2.52. The van der Waals surface area contributed by atoms with Crippen LogP contribution in [-0.4, -0.2) is 6.29 Å². The second-order valence-corrected chi connectivity index (χ2v) is 4.85. The number of allylic oxidation sites excluding steroid dienone is 1. The van der Waals surface area contributed by atoms with Gasteiger partial charge in [-0.1, -0.05) is 26.0 Å². The lowest BCUT2D eigenvalue weighted by Crippen LogP contribution is -2.32. The molecule has 2 aliphatic carbocycles. The van der Waals surface area contributed by atoms with Crippen molar-refractivity contribution in [1.82, 2.24) is 0 Å². The van der Waals surface area contributed by atoms with Crippen LogP contribution in [-0.2, 0) is 4.79 Å². The molecule has 0 aromatic heterocycles. The molecule has 2 aliphatic rings. The molecule has 2 atom stereocenters. The Labute approximate surface area is 73.8 Å². The van der Waals surface area contributed by atoms with Crippen LogP contribution >= 0.6 is 0 Å². The fourth-order valence-corrected chi connectivity index (χ4v) is 3.21. The molecule has 0 aromatic carbocycles. The van der Waals surface area contributed by atoms with Gasteiger partial charge in [-0.15, -0.1) is 0 Å². The molecule has 2 unspecified atom stereocenters. The van der Waals surface area contributed by atoms with Crippen LogP contribution in [0.25, 0.3) is 0 Å². The highest BCUT2D eigenvalue weighted by atomic mass is 16.1. The SMILES string of the molecule is C=C1CC2CCC1(C=O)C2(C)C. The Morgan fingerprint density at radius 3 is 2.50 bits per heavy atom. The molecule has 0 saturated heterocycles. The largest absolute Gasteiger partial charge is 0.302 e. The molecule has 0 radical (unpaired) electrons. The van der Waals surface area contributed by atoms with E-state index in [2.05, 4.69) is 20.4 Å². The van der Waals surface area contributed by atoms with Crippen LogP contribution in [0, 0.1) is 16.7 Å². The highest BCUT2D eigenvalue weighted by Gasteiger charge is 2.60. The van der Waals surface area contributed by atoms with Crippen LogP contribution in [0.2, 0.25) is 0 Å². The Hall–Kier alpha value is -0.590. The van der Waals surface area contributed by atoms with Crippen molar-refractivity contribution in [3.05, 3.63) is 12.2 Å². The zero-order chi connectivity index (χ0) is 8.98. The Morgan fingerprint density at radius 1 is 1.58 bits per heavy atom. The van der Waals surface area contributed by atoms with Gasteiger partial charge in [-0.05, 0) is 30.6 Å². The number of carbonyl (C=O) groups excluding carboxylic acids is 1. The van der Waals surface area contributed by atoms with Gasteiger partial charge >= 0.3 is 0 Å². The quantitative estimate of drug-likeness (QED) is 0.430. The Kier molecular flexibility index (Phi) is 1.35. The lowest BCUT2D eigenvalue weighted by Gasteiger charge is -2.33. The van der Waals surface area contributed by atoms with Gasteiger partial charge in [0.05, 0.1) is 5.41 Å². The summed E-state index contributed by atoms with van der Waals surface area (Å²) in [5, 5.41) is 0. The molecule has 0 N–H and O–H groups in total. The molecule has 2 rings (SSSR count). The highest BCUT2D eigenvalue weighted by Crippen LogP contribution is 2.66. The lowest BCUT2D eigenvalue weighted by molar-refractivity contribution is -0.117. The van der Waals surface area contributed by atoms with Crippen molar-refractivity contribution < 1.29 is 4.79 Å². The first-order chi connectivity index (χ1) is 5.54. The zero-order valence-corrected chi connectivity index (χ0v) is 7.89. The van der Waals surface area contributed by atoms with E-state index in [1.807, 2.05) is 0 Å². The van der Waals surface area contributed by atoms with Crippen molar-refractivity contribution in [3.8, 4) is 0 Å². The summed E-state index contributed by atoms with van der Waals surface area (Å²) in [7, 11) is 0. The zero-order valence-electron chi connectivity index (χ0n) is 7.89. The molecule has 0 amide bonds. The monoisotopic (exact) mass is 164 g/mol. The number of aldehydes is 1. The van der Waals surface area contributed by atoms with Crippen molar-refractivity contribution in [2.24, 2.45) is 16.7 Å². The third kappa shape index (κ3) is 0.596. The van der Waals surface area contributed by atoms with Gasteiger partial charge in [0.2, 0.25) is 0 Å². The van der Waals surface area contributed by atoms with Gasteiger partial charge in [-0.2, -0.15) is 0 Å². The van der Waals surface area contributed by atoms with E-state index in [-0.39, 0.29) is 10.8 Å². The van der Waals surface area contributed by atoms with Crippen LogP contribution in [0.4, 0.5) is 0 Å². The molecular weight excluding hydrogens is 148 g/mol. The maximum Gasteiger partial charge on any atom is 0.130 e. The van der Waals surface area contributed by atoms with E-state index < -0.39 is 0 Å². The molecule has 2 bridgehead atoms. The molecule has 0 spiro atoms. The molecule has 1 heteroatoms. The standard InChI is InChI=1S/C11H16O/c1-8-6-9-4-5-11(8,7-12)10(9,2)3/h7,9H,1,4-6H2,2-3H3. The van der Waals surface area contributed by atoms with Crippen LogP contribution in [0.1, 0.15) is 33.1 Å². The van der Waals surface area contributed by atoms with Gasteiger partial charge in [0, 0.05) is 0 Å². The molecule has 1 nitrogen and oxygen atoms in total. The van der Waals surface area contributed by atoms with Crippen LogP contribution < -0.4 is 0 Å². The van der Waals surface area contributed by atoms with E-state index in [9.17, 15) is 4.79 Å². The number of hydrogen-bond acceptors (Lipinski definition) is 1. The van der Waals surface area contributed by atoms with Crippen molar-refractivity contribution in [2.45, 2.75) is 33.1 Å². The first-order valence-electron chi connectivity index (χ1n) is 4.69. The fourth-order valence-electron chi connectivity index (χ4n) is 3.21. The van der Waals surface area contributed by atoms with E-state index in [0.29, 0.717) is 5.92 Å². The van der Waals surface area contributed by atoms with Crippen LogP contribution in [0.3, 0.4) is 0 Å². The average molecular weight is 164 g/mol. The van der Waals surface area contributed by atoms with E-state index in [4.69, 9.17) is 0 Å². The average Bonchev–Trinajstić information content (AvgIpc) is 2.36. The lowest BCUT2D eigenvalue weighted by atomic mass is 9.69. The first-order valence-corrected chi connectivity index (χ1v) is 4.69. The van der Waals surface area contributed by atoms with Crippen LogP contribution in [0.15, 0.2) is 12.2 Å². The van der Waals surface area contributed by atoms with E-state index in [0.717, 1.165) is 19.1 Å². The predicted molar refractivity (Wildman–Crippen MR) is 48.8 cm³/mol. The summed E-state index contributed by atoms with van der Waals surface area (Å²) >= 11 is 0. The normalized spacial score (nSPS) is 43.5. The summed E-state index contributed by atoms with van der Waals surface area (Å²) in [6.45, 7) is 8.48.